The van der Waals surface area contributed by atoms with Crippen LogP contribution in [0.1, 0.15) is 10.4 Å². The number of carbonyl (C=O) groups excluding carboxylic acids is 1. The van der Waals surface area contributed by atoms with Crippen molar-refractivity contribution in [2.45, 2.75) is 0 Å². The second-order valence-electron chi connectivity index (χ2n) is 3.95. The number of aromatic nitrogens is 1. The van der Waals surface area contributed by atoms with Gasteiger partial charge in [0.25, 0.3) is 5.91 Å². The van der Waals surface area contributed by atoms with Crippen LogP contribution in [0.15, 0.2) is 23.3 Å². The molecule has 1 aromatic heterocycles. The van der Waals surface area contributed by atoms with Crippen LogP contribution in [0.5, 0.6) is 0 Å². The Morgan fingerprint density at radius 1 is 1.31 bits per heavy atom. The van der Waals surface area contributed by atoms with Crippen molar-refractivity contribution in [3.8, 4) is 0 Å². The molecular formula is C11H17N3O2. The summed E-state index contributed by atoms with van der Waals surface area (Å²) in [5.74, 6) is -0.247. The summed E-state index contributed by atoms with van der Waals surface area (Å²) in [7, 11) is 5.57. The van der Waals surface area contributed by atoms with E-state index in [9.17, 15) is 9.59 Å². The van der Waals surface area contributed by atoms with Crippen LogP contribution in [0.3, 0.4) is 0 Å². The van der Waals surface area contributed by atoms with E-state index in [1.165, 1.54) is 18.5 Å². The molecular weight excluding hydrogens is 206 g/mol. The van der Waals surface area contributed by atoms with E-state index in [-0.39, 0.29) is 16.9 Å². The van der Waals surface area contributed by atoms with Crippen molar-refractivity contribution in [3.63, 3.8) is 0 Å². The molecule has 1 amide bonds. The SMILES string of the molecule is CN(C)CCN(C)C(=O)c1c[nH]ccc1=O. The number of hydrogen-bond acceptors (Lipinski definition) is 3. The second kappa shape index (κ2) is 5.46. The van der Waals surface area contributed by atoms with Crippen molar-refractivity contribution in [1.29, 1.82) is 0 Å². The van der Waals surface area contributed by atoms with Gasteiger partial charge in [-0.2, -0.15) is 0 Å². The quantitative estimate of drug-likeness (QED) is 0.782. The first-order valence-corrected chi connectivity index (χ1v) is 5.09. The zero-order valence-corrected chi connectivity index (χ0v) is 9.86. The van der Waals surface area contributed by atoms with E-state index in [0.717, 1.165) is 6.54 Å². The van der Waals surface area contributed by atoms with Gasteiger partial charge in [0.15, 0.2) is 5.43 Å². The van der Waals surface area contributed by atoms with Crippen LogP contribution in [0.2, 0.25) is 0 Å². The lowest BCUT2D eigenvalue weighted by Crippen LogP contribution is -2.35. The maximum Gasteiger partial charge on any atom is 0.259 e. The molecule has 0 aliphatic heterocycles. The molecule has 5 nitrogen and oxygen atoms in total. The lowest BCUT2D eigenvalue weighted by molar-refractivity contribution is 0.0784. The standard InChI is InChI=1S/C11H17N3O2/c1-13(2)6-7-14(3)11(16)9-8-12-5-4-10(9)15/h4-5,8H,6-7H2,1-3H3,(H,12,15). The summed E-state index contributed by atoms with van der Waals surface area (Å²) in [4.78, 5) is 29.6. The summed E-state index contributed by atoms with van der Waals surface area (Å²) in [5, 5.41) is 0. The maximum atomic E-state index is 11.9. The first-order valence-electron chi connectivity index (χ1n) is 5.09. The predicted octanol–water partition coefficient (Wildman–Crippen LogP) is 0.00850. The summed E-state index contributed by atoms with van der Waals surface area (Å²) in [6, 6.07) is 1.35. The molecule has 5 heteroatoms. The highest BCUT2D eigenvalue weighted by Crippen LogP contribution is 1.96. The number of likely N-dealkylation sites (N-methyl/N-ethyl adjacent to an activating group) is 2. The first-order chi connectivity index (χ1) is 7.52. The molecule has 88 valence electrons. The Kier molecular flexibility index (Phi) is 4.25. The molecule has 0 spiro atoms. The Morgan fingerprint density at radius 3 is 2.56 bits per heavy atom. The molecule has 0 atom stereocenters. The van der Waals surface area contributed by atoms with Crippen LogP contribution in [0.25, 0.3) is 0 Å². The lowest BCUT2D eigenvalue weighted by atomic mass is 10.2. The van der Waals surface area contributed by atoms with E-state index in [4.69, 9.17) is 0 Å². The number of H-pyrrole nitrogens is 1. The summed E-state index contributed by atoms with van der Waals surface area (Å²) >= 11 is 0. The molecule has 0 aromatic carbocycles. The van der Waals surface area contributed by atoms with Crippen molar-refractivity contribution in [1.82, 2.24) is 14.8 Å². The molecule has 1 rings (SSSR count). The minimum atomic E-state index is -0.250. The van der Waals surface area contributed by atoms with E-state index in [0.29, 0.717) is 6.54 Å². The molecule has 0 saturated heterocycles. The number of hydrogen-bond donors (Lipinski definition) is 1. The third-order valence-corrected chi connectivity index (χ3v) is 2.28. The van der Waals surface area contributed by atoms with Crippen LogP contribution in [-0.4, -0.2) is 54.9 Å². The van der Waals surface area contributed by atoms with Crippen LogP contribution < -0.4 is 5.43 Å². The average Bonchev–Trinajstić information content (AvgIpc) is 2.25. The number of aromatic amines is 1. The molecule has 1 N–H and O–H groups in total. The molecule has 0 unspecified atom stereocenters. The van der Waals surface area contributed by atoms with Gasteiger partial charge in [-0.1, -0.05) is 0 Å². The highest BCUT2D eigenvalue weighted by atomic mass is 16.2. The fourth-order valence-corrected chi connectivity index (χ4v) is 1.24. The molecule has 16 heavy (non-hydrogen) atoms. The summed E-state index contributed by atoms with van der Waals surface area (Å²) < 4.78 is 0. The van der Waals surface area contributed by atoms with Gasteiger partial charge in [-0.25, -0.2) is 0 Å². The highest BCUT2D eigenvalue weighted by Gasteiger charge is 2.14. The molecule has 0 aliphatic carbocycles. The van der Waals surface area contributed by atoms with E-state index >= 15 is 0 Å². The highest BCUT2D eigenvalue weighted by molar-refractivity contribution is 5.93. The monoisotopic (exact) mass is 223 g/mol. The van der Waals surface area contributed by atoms with E-state index < -0.39 is 0 Å². The van der Waals surface area contributed by atoms with Crippen LogP contribution in [0, 0.1) is 0 Å². The normalized spacial score (nSPS) is 10.5. The largest absolute Gasteiger partial charge is 0.367 e. The van der Waals surface area contributed by atoms with Crippen molar-refractivity contribution in [2.75, 3.05) is 34.2 Å². The van der Waals surface area contributed by atoms with Crippen molar-refractivity contribution >= 4 is 5.91 Å². The summed E-state index contributed by atoms with van der Waals surface area (Å²) in [6.45, 7) is 1.37. The first kappa shape index (κ1) is 12.4. The fraction of sp³-hybridized carbons (Fsp3) is 0.455. The number of carbonyl (C=O) groups is 1. The molecule has 1 aromatic rings. The molecule has 0 bridgehead atoms. The number of rotatable bonds is 4. The maximum absolute atomic E-state index is 11.9. The molecule has 0 saturated carbocycles. The Hall–Kier alpha value is -1.62. The van der Waals surface area contributed by atoms with Gasteiger partial charge in [0, 0.05) is 38.6 Å². The Morgan fingerprint density at radius 2 is 2.00 bits per heavy atom. The second-order valence-corrected chi connectivity index (χ2v) is 3.95. The zero-order valence-electron chi connectivity index (χ0n) is 9.86. The molecule has 0 fully saturated rings. The molecule has 0 radical (unpaired) electrons. The smallest absolute Gasteiger partial charge is 0.259 e. The Labute approximate surface area is 94.7 Å². The average molecular weight is 223 g/mol. The number of nitrogens with one attached hydrogen (secondary N) is 1. The number of nitrogens with zero attached hydrogens (tertiary/aromatic N) is 2. The van der Waals surface area contributed by atoms with Gasteiger partial charge in [-0.15, -0.1) is 0 Å². The Bertz CT molecular complexity index is 412. The van der Waals surface area contributed by atoms with Crippen molar-refractivity contribution in [2.24, 2.45) is 0 Å². The van der Waals surface area contributed by atoms with Crippen LogP contribution in [0.4, 0.5) is 0 Å². The molecule has 0 aliphatic rings. The van der Waals surface area contributed by atoms with Gasteiger partial charge in [-0.05, 0) is 14.1 Å². The van der Waals surface area contributed by atoms with Crippen molar-refractivity contribution in [3.05, 3.63) is 34.2 Å². The predicted molar refractivity (Wildman–Crippen MR) is 62.6 cm³/mol. The van der Waals surface area contributed by atoms with Gasteiger partial charge in [-0.3, -0.25) is 9.59 Å². The van der Waals surface area contributed by atoms with E-state index in [2.05, 4.69) is 4.98 Å². The third kappa shape index (κ3) is 3.20. The summed E-state index contributed by atoms with van der Waals surface area (Å²) in [6.07, 6.45) is 2.95. The number of pyridine rings is 1. The van der Waals surface area contributed by atoms with Crippen LogP contribution in [-0.2, 0) is 0 Å². The van der Waals surface area contributed by atoms with E-state index in [1.54, 1.807) is 11.9 Å². The van der Waals surface area contributed by atoms with Crippen molar-refractivity contribution < 1.29 is 4.79 Å². The molecule has 1 heterocycles. The van der Waals surface area contributed by atoms with E-state index in [1.807, 2.05) is 19.0 Å². The third-order valence-electron chi connectivity index (χ3n) is 2.28. The van der Waals surface area contributed by atoms with Gasteiger partial charge in [0.2, 0.25) is 0 Å². The van der Waals surface area contributed by atoms with Gasteiger partial charge in [0.1, 0.15) is 5.56 Å². The lowest BCUT2D eigenvalue weighted by Gasteiger charge is -2.19. The minimum absolute atomic E-state index is 0.184. The Balaban J connectivity index is 2.71. The van der Waals surface area contributed by atoms with Gasteiger partial charge < -0.3 is 14.8 Å². The summed E-state index contributed by atoms with van der Waals surface area (Å²) in [5.41, 5.74) is -0.0655. The number of amides is 1. The zero-order chi connectivity index (χ0) is 12.1. The topological polar surface area (TPSA) is 56.4 Å². The van der Waals surface area contributed by atoms with Crippen LogP contribution >= 0.6 is 0 Å². The minimum Gasteiger partial charge on any atom is -0.367 e. The van der Waals surface area contributed by atoms with Gasteiger partial charge >= 0.3 is 0 Å². The fourth-order valence-electron chi connectivity index (χ4n) is 1.24. The van der Waals surface area contributed by atoms with Gasteiger partial charge in [0.05, 0.1) is 0 Å².